The summed E-state index contributed by atoms with van der Waals surface area (Å²) in [7, 11) is 0. The Morgan fingerprint density at radius 2 is 2.12 bits per heavy atom. The van der Waals surface area contributed by atoms with Gasteiger partial charge in [0, 0.05) is 12.1 Å². The third-order valence-electron chi connectivity index (χ3n) is 2.70. The minimum atomic E-state index is -0.427. The predicted octanol–water partition coefficient (Wildman–Crippen LogP) is 2.04. The monoisotopic (exact) mass is 228 g/mol. The van der Waals surface area contributed by atoms with E-state index in [0.717, 1.165) is 13.0 Å². The van der Waals surface area contributed by atoms with Crippen LogP contribution in [0.4, 0.5) is 4.79 Å². The summed E-state index contributed by atoms with van der Waals surface area (Å²) in [6, 6.07) is 0.497. The fourth-order valence-electron chi connectivity index (χ4n) is 1.90. The fraction of sp³-hybridized carbons (Fsp3) is 0.917. The number of carbonyl (C=O) groups excluding carboxylic acids is 1. The van der Waals surface area contributed by atoms with Gasteiger partial charge in [-0.15, -0.1) is 0 Å². The first-order valence-corrected chi connectivity index (χ1v) is 6.11. The molecule has 1 fully saturated rings. The molecule has 0 aromatic rings. The molecule has 0 aromatic carbocycles. The molecule has 0 bridgehead atoms. The van der Waals surface area contributed by atoms with Gasteiger partial charge in [0.25, 0.3) is 0 Å². The summed E-state index contributed by atoms with van der Waals surface area (Å²) in [5.41, 5.74) is -0.427. The van der Waals surface area contributed by atoms with Crippen molar-refractivity contribution < 1.29 is 9.53 Å². The van der Waals surface area contributed by atoms with Gasteiger partial charge in [-0.05, 0) is 47.1 Å². The van der Waals surface area contributed by atoms with E-state index in [0.29, 0.717) is 6.04 Å². The Kier molecular flexibility index (Phi) is 4.59. The van der Waals surface area contributed by atoms with Gasteiger partial charge in [0.1, 0.15) is 5.60 Å². The molecule has 1 aliphatic heterocycles. The Morgan fingerprint density at radius 1 is 1.44 bits per heavy atom. The number of ether oxygens (including phenoxy) is 1. The van der Waals surface area contributed by atoms with Crippen LogP contribution in [-0.2, 0) is 4.74 Å². The second-order valence-corrected chi connectivity index (χ2v) is 5.49. The summed E-state index contributed by atoms with van der Waals surface area (Å²) in [6.45, 7) is 8.68. The molecule has 1 amide bonds. The van der Waals surface area contributed by atoms with Gasteiger partial charge in [0.15, 0.2) is 0 Å². The van der Waals surface area contributed by atoms with E-state index in [4.69, 9.17) is 4.74 Å². The van der Waals surface area contributed by atoms with E-state index >= 15 is 0 Å². The van der Waals surface area contributed by atoms with Crippen LogP contribution >= 0.6 is 0 Å². The van der Waals surface area contributed by atoms with E-state index in [2.05, 4.69) is 10.6 Å². The normalized spacial score (nSPS) is 23.6. The quantitative estimate of drug-likeness (QED) is 0.760. The van der Waals surface area contributed by atoms with Crippen molar-refractivity contribution in [1.29, 1.82) is 0 Å². The van der Waals surface area contributed by atoms with Crippen molar-refractivity contribution in [1.82, 2.24) is 10.6 Å². The van der Waals surface area contributed by atoms with Crippen LogP contribution in [-0.4, -0.2) is 30.3 Å². The molecule has 0 saturated carbocycles. The Bertz CT molecular complexity index is 230. The highest BCUT2D eigenvalue weighted by Crippen LogP contribution is 2.11. The van der Waals surface area contributed by atoms with E-state index in [1.165, 1.54) is 12.8 Å². The summed E-state index contributed by atoms with van der Waals surface area (Å²) < 4.78 is 5.22. The minimum Gasteiger partial charge on any atom is -0.444 e. The molecule has 94 valence electrons. The van der Waals surface area contributed by atoms with E-state index < -0.39 is 5.60 Å². The molecule has 2 atom stereocenters. The number of nitrogens with one attached hydrogen (secondary N) is 2. The Morgan fingerprint density at radius 3 is 2.62 bits per heavy atom. The zero-order valence-electron chi connectivity index (χ0n) is 10.8. The molecular weight excluding hydrogens is 204 g/mol. The van der Waals surface area contributed by atoms with Crippen LogP contribution in [0.25, 0.3) is 0 Å². The van der Waals surface area contributed by atoms with E-state index in [-0.39, 0.29) is 12.1 Å². The van der Waals surface area contributed by atoms with Crippen LogP contribution in [0.3, 0.4) is 0 Å². The fourth-order valence-corrected chi connectivity index (χ4v) is 1.90. The van der Waals surface area contributed by atoms with Gasteiger partial charge in [-0.3, -0.25) is 0 Å². The minimum absolute atomic E-state index is 0.121. The lowest BCUT2D eigenvalue weighted by molar-refractivity contribution is 0.0494. The topological polar surface area (TPSA) is 50.4 Å². The van der Waals surface area contributed by atoms with Gasteiger partial charge in [0.05, 0.1) is 0 Å². The van der Waals surface area contributed by atoms with Crippen molar-refractivity contribution in [2.75, 3.05) is 6.54 Å². The third kappa shape index (κ3) is 4.84. The summed E-state index contributed by atoms with van der Waals surface area (Å²) >= 11 is 0. The summed E-state index contributed by atoms with van der Waals surface area (Å²) in [4.78, 5) is 11.6. The van der Waals surface area contributed by atoms with Gasteiger partial charge >= 0.3 is 6.09 Å². The first-order chi connectivity index (χ1) is 7.38. The maximum absolute atomic E-state index is 11.6. The molecule has 4 heteroatoms. The van der Waals surface area contributed by atoms with Crippen LogP contribution in [0.5, 0.6) is 0 Å². The van der Waals surface area contributed by atoms with E-state index in [9.17, 15) is 4.79 Å². The van der Waals surface area contributed by atoms with Gasteiger partial charge in [0.2, 0.25) is 0 Å². The van der Waals surface area contributed by atoms with Crippen molar-refractivity contribution in [3.05, 3.63) is 0 Å². The van der Waals surface area contributed by atoms with Crippen LogP contribution in [0.2, 0.25) is 0 Å². The second-order valence-electron chi connectivity index (χ2n) is 5.49. The predicted molar refractivity (Wildman–Crippen MR) is 64.5 cm³/mol. The summed E-state index contributed by atoms with van der Waals surface area (Å²) in [5, 5.41) is 6.30. The molecule has 0 radical (unpaired) electrons. The molecule has 1 heterocycles. The molecule has 4 nitrogen and oxygen atoms in total. The molecule has 16 heavy (non-hydrogen) atoms. The Hall–Kier alpha value is -0.770. The highest BCUT2D eigenvalue weighted by atomic mass is 16.6. The molecule has 2 N–H and O–H groups in total. The maximum Gasteiger partial charge on any atom is 0.407 e. The van der Waals surface area contributed by atoms with Crippen molar-refractivity contribution in [3.63, 3.8) is 0 Å². The van der Waals surface area contributed by atoms with Crippen molar-refractivity contribution in [2.24, 2.45) is 0 Å². The highest BCUT2D eigenvalue weighted by molar-refractivity contribution is 5.68. The highest BCUT2D eigenvalue weighted by Gasteiger charge is 2.23. The van der Waals surface area contributed by atoms with E-state index in [1.807, 2.05) is 27.7 Å². The van der Waals surface area contributed by atoms with Gasteiger partial charge < -0.3 is 15.4 Å². The third-order valence-corrected chi connectivity index (χ3v) is 2.70. The SMILES string of the molecule is CC(NC(=O)OC(C)(C)C)C1CCCCN1. The Balaban J connectivity index is 2.32. The van der Waals surface area contributed by atoms with E-state index in [1.54, 1.807) is 0 Å². The largest absolute Gasteiger partial charge is 0.444 e. The molecule has 1 aliphatic rings. The average molecular weight is 228 g/mol. The standard InChI is InChI=1S/C12H24N2O2/c1-9(10-7-5-6-8-13-10)14-11(15)16-12(2,3)4/h9-10,13H,5-8H2,1-4H3,(H,14,15). The molecule has 2 unspecified atom stereocenters. The first-order valence-electron chi connectivity index (χ1n) is 6.11. The number of alkyl carbamates (subject to hydrolysis) is 1. The van der Waals surface area contributed by atoms with Gasteiger partial charge in [-0.25, -0.2) is 4.79 Å². The summed E-state index contributed by atoms with van der Waals surface area (Å²) in [6.07, 6.45) is 3.26. The van der Waals surface area contributed by atoms with Crippen LogP contribution in [0.1, 0.15) is 47.0 Å². The average Bonchev–Trinajstić information content (AvgIpc) is 2.16. The van der Waals surface area contributed by atoms with Crippen LogP contribution in [0.15, 0.2) is 0 Å². The Labute approximate surface area is 98.1 Å². The van der Waals surface area contributed by atoms with Crippen LogP contribution < -0.4 is 10.6 Å². The summed E-state index contributed by atoms with van der Waals surface area (Å²) in [5.74, 6) is 0. The van der Waals surface area contributed by atoms with Crippen molar-refractivity contribution in [2.45, 2.75) is 64.6 Å². The van der Waals surface area contributed by atoms with Crippen LogP contribution in [0, 0.1) is 0 Å². The lowest BCUT2D eigenvalue weighted by Crippen LogP contribution is -2.51. The van der Waals surface area contributed by atoms with Gasteiger partial charge in [-0.1, -0.05) is 6.42 Å². The van der Waals surface area contributed by atoms with Crippen molar-refractivity contribution in [3.8, 4) is 0 Å². The maximum atomic E-state index is 11.6. The van der Waals surface area contributed by atoms with Gasteiger partial charge in [-0.2, -0.15) is 0 Å². The number of carbonyl (C=O) groups is 1. The number of rotatable bonds is 2. The zero-order valence-corrected chi connectivity index (χ0v) is 10.8. The number of amides is 1. The molecular formula is C12H24N2O2. The second kappa shape index (κ2) is 5.53. The molecule has 0 spiro atoms. The smallest absolute Gasteiger partial charge is 0.407 e. The number of hydrogen-bond acceptors (Lipinski definition) is 3. The molecule has 1 rings (SSSR count). The van der Waals surface area contributed by atoms with Crippen molar-refractivity contribution >= 4 is 6.09 Å². The lowest BCUT2D eigenvalue weighted by atomic mass is 9.99. The molecule has 1 saturated heterocycles. The molecule has 0 aliphatic carbocycles. The lowest BCUT2D eigenvalue weighted by Gasteiger charge is -2.30. The number of piperidine rings is 1. The first kappa shape index (κ1) is 13.3. The number of hydrogen-bond donors (Lipinski definition) is 2. The zero-order chi connectivity index (χ0) is 12.2. The molecule has 0 aromatic heterocycles.